The Bertz CT molecular complexity index is 701. The van der Waals surface area contributed by atoms with Crippen LogP contribution in [0.15, 0.2) is 23.2 Å². The topological polar surface area (TPSA) is 75.1 Å². The summed E-state index contributed by atoms with van der Waals surface area (Å²) in [5.74, 6) is 2.40. The number of ether oxygens (including phenoxy) is 2. The molecule has 7 heteroatoms. The Hall–Kier alpha value is -1.22. The summed E-state index contributed by atoms with van der Waals surface area (Å²) in [7, 11) is 3.37. The quantitative estimate of drug-likeness (QED) is 0.257. The number of aliphatic imine (C=N–C) groups is 1. The number of benzene rings is 1. The summed E-state index contributed by atoms with van der Waals surface area (Å²) < 4.78 is 11.0. The van der Waals surface area contributed by atoms with Crippen molar-refractivity contribution in [2.45, 2.75) is 57.3 Å². The van der Waals surface area contributed by atoms with Crippen LogP contribution in [0, 0.1) is 5.41 Å². The first-order valence-corrected chi connectivity index (χ1v) is 11.0. The average molecular weight is 531 g/mol. The Morgan fingerprint density at radius 2 is 1.73 bits per heavy atom. The number of methoxy groups -OCH3 is 2. The summed E-state index contributed by atoms with van der Waals surface area (Å²) in [5.41, 5.74) is 1.38. The number of nitrogens with one attached hydrogen (secondary N) is 2. The van der Waals surface area contributed by atoms with E-state index < -0.39 is 0 Å². The fourth-order valence-corrected chi connectivity index (χ4v) is 4.35. The van der Waals surface area contributed by atoms with Crippen LogP contribution in [-0.2, 0) is 5.41 Å². The van der Waals surface area contributed by atoms with Crippen LogP contribution in [0.1, 0.15) is 57.4 Å². The van der Waals surface area contributed by atoms with Crippen LogP contribution in [0.5, 0.6) is 11.5 Å². The van der Waals surface area contributed by atoms with Gasteiger partial charge in [-0.15, -0.1) is 24.0 Å². The van der Waals surface area contributed by atoms with E-state index in [9.17, 15) is 5.11 Å². The number of hydrogen-bond donors (Lipinski definition) is 3. The van der Waals surface area contributed by atoms with Gasteiger partial charge in [-0.25, -0.2) is 0 Å². The largest absolute Gasteiger partial charge is 0.493 e. The maximum atomic E-state index is 9.58. The molecule has 0 radical (unpaired) electrons. The lowest BCUT2D eigenvalue weighted by Gasteiger charge is -2.38. The van der Waals surface area contributed by atoms with E-state index in [1.165, 1.54) is 24.8 Å². The molecule has 0 amide bonds. The fraction of sp³-hybridized carbons (Fsp3) is 0.696. The minimum absolute atomic E-state index is 0. The minimum Gasteiger partial charge on any atom is -0.493 e. The number of aliphatic hydroxyl groups is 1. The zero-order valence-electron chi connectivity index (χ0n) is 18.6. The van der Waals surface area contributed by atoms with Gasteiger partial charge in [0.1, 0.15) is 0 Å². The SMILES string of the molecule is CCNC(=NCC1(CO)CC1)NCC1(c2ccc(OC)c(OC)c2)CCCCC1.I. The van der Waals surface area contributed by atoms with Gasteiger partial charge in [0.25, 0.3) is 0 Å². The van der Waals surface area contributed by atoms with Crippen molar-refractivity contribution in [1.29, 1.82) is 0 Å². The van der Waals surface area contributed by atoms with E-state index in [1.807, 2.05) is 6.07 Å². The highest BCUT2D eigenvalue weighted by atomic mass is 127. The number of guanidine groups is 1. The molecule has 0 heterocycles. The lowest BCUT2D eigenvalue weighted by Crippen LogP contribution is -2.46. The predicted octanol–water partition coefficient (Wildman–Crippen LogP) is 3.85. The molecule has 30 heavy (non-hydrogen) atoms. The third-order valence-electron chi connectivity index (χ3n) is 6.61. The van der Waals surface area contributed by atoms with Crippen LogP contribution in [0.3, 0.4) is 0 Å². The zero-order valence-corrected chi connectivity index (χ0v) is 21.0. The van der Waals surface area contributed by atoms with Crippen molar-refractivity contribution in [3.05, 3.63) is 23.8 Å². The molecule has 0 bridgehead atoms. The number of rotatable bonds is 9. The molecule has 0 atom stereocenters. The van der Waals surface area contributed by atoms with Gasteiger partial charge in [-0.3, -0.25) is 4.99 Å². The lowest BCUT2D eigenvalue weighted by atomic mass is 9.69. The summed E-state index contributed by atoms with van der Waals surface area (Å²) in [5, 5.41) is 16.6. The van der Waals surface area contributed by atoms with Gasteiger partial charge in [0.05, 0.1) is 27.4 Å². The highest BCUT2D eigenvalue weighted by Gasteiger charge is 2.42. The van der Waals surface area contributed by atoms with Gasteiger partial charge in [0.15, 0.2) is 17.5 Å². The summed E-state index contributed by atoms with van der Waals surface area (Å²) >= 11 is 0. The Morgan fingerprint density at radius 3 is 2.30 bits per heavy atom. The normalized spacial score (nSPS) is 19.4. The van der Waals surface area contributed by atoms with E-state index in [2.05, 4.69) is 29.7 Å². The second-order valence-electron chi connectivity index (χ2n) is 8.62. The first-order valence-electron chi connectivity index (χ1n) is 11.0. The summed E-state index contributed by atoms with van der Waals surface area (Å²) in [6.07, 6.45) is 8.20. The van der Waals surface area contributed by atoms with E-state index in [-0.39, 0.29) is 41.4 Å². The molecule has 0 aromatic heterocycles. The van der Waals surface area contributed by atoms with Crippen LogP contribution in [-0.4, -0.2) is 51.5 Å². The van der Waals surface area contributed by atoms with Gasteiger partial charge in [0, 0.05) is 23.9 Å². The first-order chi connectivity index (χ1) is 14.1. The van der Waals surface area contributed by atoms with Crippen LogP contribution in [0.2, 0.25) is 0 Å². The maximum Gasteiger partial charge on any atom is 0.191 e. The molecule has 1 aromatic carbocycles. The summed E-state index contributed by atoms with van der Waals surface area (Å²) in [6.45, 7) is 4.65. The molecular formula is C23H38IN3O3. The molecule has 0 aliphatic heterocycles. The first kappa shape index (κ1) is 25.0. The van der Waals surface area contributed by atoms with Crippen LogP contribution >= 0.6 is 24.0 Å². The van der Waals surface area contributed by atoms with Gasteiger partial charge in [-0.05, 0) is 50.3 Å². The Balaban J connectivity index is 0.00000320. The van der Waals surface area contributed by atoms with Crippen LogP contribution < -0.4 is 20.1 Å². The van der Waals surface area contributed by atoms with Crippen molar-refractivity contribution in [1.82, 2.24) is 10.6 Å². The maximum absolute atomic E-state index is 9.58. The summed E-state index contributed by atoms with van der Waals surface area (Å²) in [4.78, 5) is 4.78. The molecule has 6 nitrogen and oxygen atoms in total. The van der Waals surface area contributed by atoms with Gasteiger partial charge >= 0.3 is 0 Å². The second kappa shape index (κ2) is 11.4. The van der Waals surface area contributed by atoms with Crippen molar-refractivity contribution in [3.8, 4) is 11.5 Å². The molecule has 2 aliphatic carbocycles. The molecule has 0 saturated heterocycles. The van der Waals surface area contributed by atoms with Crippen LogP contribution in [0.4, 0.5) is 0 Å². The standard InChI is InChI=1S/C23H37N3O3.HI/c1-4-24-21(25-15-22(17-27)12-13-22)26-16-23(10-6-5-7-11-23)18-8-9-19(28-2)20(14-18)29-3;/h8-9,14,27H,4-7,10-13,15-17H2,1-3H3,(H2,24,25,26);1H. The molecule has 3 N–H and O–H groups in total. The highest BCUT2D eigenvalue weighted by molar-refractivity contribution is 14.0. The Labute approximate surface area is 198 Å². The van der Waals surface area contributed by atoms with Gasteiger partial charge in [0.2, 0.25) is 0 Å². The molecule has 2 saturated carbocycles. The van der Waals surface area contributed by atoms with Gasteiger partial charge < -0.3 is 25.2 Å². The van der Waals surface area contributed by atoms with Crippen molar-refractivity contribution in [3.63, 3.8) is 0 Å². The lowest BCUT2D eigenvalue weighted by molar-refractivity contribution is 0.216. The molecule has 3 rings (SSSR count). The van der Waals surface area contributed by atoms with E-state index in [0.717, 1.165) is 56.2 Å². The Kier molecular flexibility index (Phi) is 9.53. The van der Waals surface area contributed by atoms with Crippen molar-refractivity contribution in [2.75, 3.05) is 40.5 Å². The van der Waals surface area contributed by atoms with Crippen molar-refractivity contribution < 1.29 is 14.6 Å². The smallest absolute Gasteiger partial charge is 0.191 e. The number of hydrogen-bond acceptors (Lipinski definition) is 4. The third-order valence-corrected chi connectivity index (χ3v) is 6.61. The number of halogens is 1. The monoisotopic (exact) mass is 531 g/mol. The van der Waals surface area contributed by atoms with E-state index in [0.29, 0.717) is 6.54 Å². The van der Waals surface area contributed by atoms with Gasteiger partial charge in [-0.1, -0.05) is 25.3 Å². The Morgan fingerprint density at radius 1 is 1.03 bits per heavy atom. The molecule has 0 spiro atoms. The molecule has 2 aliphatic rings. The van der Waals surface area contributed by atoms with E-state index >= 15 is 0 Å². The highest BCUT2D eigenvalue weighted by Crippen LogP contribution is 2.45. The average Bonchev–Trinajstić information content (AvgIpc) is 3.56. The number of nitrogens with zero attached hydrogens (tertiary/aromatic N) is 1. The second-order valence-corrected chi connectivity index (χ2v) is 8.62. The molecule has 2 fully saturated rings. The molecule has 1 aromatic rings. The van der Waals surface area contributed by atoms with Crippen LogP contribution in [0.25, 0.3) is 0 Å². The van der Waals surface area contributed by atoms with E-state index in [1.54, 1.807) is 14.2 Å². The third kappa shape index (κ3) is 5.93. The zero-order chi connectivity index (χ0) is 20.7. The summed E-state index contributed by atoms with van der Waals surface area (Å²) in [6, 6.07) is 6.34. The minimum atomic E-state index is 0. The molecular weight excluding hydrogens is 493 g/mol. The van der Waals surface area contributed by atoms with Crippen molar-refractivity contribution >= 4 is 29.9 Å². The predicted molar refractivity (Wildman–Crippen MR) is 132 cm³/mol. The van der Waals surface area contributed by atoms with E-state index in [4.69, 9.17) is 14.5 Å². The van der Waals surface area contributed by atoms with Crippen molar-refractivity contribution in [2.24, 2.45) is 10.4 Å². The molecule has 170 valence electrons. The van der Waals surface area contributed by atoms with Gasteiger partial charge in [-0.2, -0.15) is 0 Å². The molecule has 0 unspecified atom stereocenters. The number of aliphatic hydroxyl groups excluding tert-OH is 1. The fourth-order valence-electron chi connectivity index (χ4n) is 4.35.